The molecule has 4 unspecified atom stereocenters. The van der Waals surface area contributed by atoms with Gasteiger partial charge in [-0.3, -0.25) is 9.59 Å². The quantitative estimate of drug-likeness (QED) is 0.371. The summed E-state index contributed by atoms with van der Waals surface area (Å²) in [4.78, 5) is 28.5. The average molecular weight is 613 g/mol. The van der Waals surface area contributed by atoms with Crippen molar-refractivity contribution in [3.63, 3.8) is 0 Å². The third-order valence-corrected chi connectivity index (χ3v) is 8.27. The number of aliphatic hydroxyl groups is 2. The van der Waals surface area contributed by atoms with Crippen LogP contribution in [-0.4, -0.2) is 77.6 Å². The molecule has 0 bridgehead atoms. The van der Waals surface area contributed by atoms with Gasteiger partial charge in [-0.25, -0.2) is 0 Å². The first-order chi connectivity index (χ1) is 17.5. The normalized spacial score (nSPS) is 26.8. The van der Waals surface area contributed by atoms with E-state index in [1.54, 1.807) is 11.0 Å². The molecular weight excluding hydrogens is 575 g/mol. The first kappa shape index (κ1) is 27.3. The van der Waals surface area contributed by atoms with Gasteiger partial charge in [0.15, 0.2) is 0 Å². The van der Waals surface area contributed by atoms with Crippen molar-refractivity contribution >= 4 is 34.4 Å². The maximum atomic E-state index is 13.7. The summed E-state index contributed by atoms with van der Waals surface area (Å²) in [6, 6.07) is 6.89. The number of hydrogen-bond acceptors (Lipinski definition) is 6. The van der Waals surface area contributed by atoms with E-state index >= 15 is 0 Å². The molecule has 1 saturated heterocycles. The van der Waals surface area contributed by atoms with E-state index in [2.05, 4.69) is 27.9 Å². The Morgan fingerprint density at radius 3 is 2.61 bits per heavy atom. The lowest BCUT2D eigenvalue weighted by Crippen LogP contribution is -2.58. The summed E-state index contributed by atoms with van der Waals surface area (Å²) < 4.78 is 12.9. The molecular formula is C27H37IN2O6. The predicted octanol–water partition coefficient (Wildman–Crippen LogP) is 2.79. The van der Waals surface area contributed by atoms with Crippen molar-refractivity contribution in [2.75, 3.05) is 26.3 Å². The fraction of sp³-hybridized carbons (Fsp3) is 0.630. The number of benzene rings is 1. The molecule has 1 saturated carbocycles. The number of carbonyl (C=O) groups excluding carboxylic acids is 2. The molecule has 8 nitrogen and oxygen atoms in total. The average Bonchev–Trinajstić information content (AvgIpc) is 3.44. The van der Waals surface area contributed by atoms with Crippen LogP contribution in [0.1, 0.15) is 51.4 Å². The van der Waals surface area contributed by atoms with E-state index in [0.717, 1.165) is 35.7 Å². The predicted molar refractivity (Wildman–Crippen MR) is 143 cm³/mol. The van der Waals surface area contributed by atoms with Gasteiger partial charge in [0.1, 0.15) is 24.1 Å². The smallest absolute Gasteiger partial charge is 0.252 e. The summed E-state index contributed by atoms with van der Waals surface area (Å²) >= 11 is 2.18. The van der Waals surface area contributed by atoms with E-state index in [9.17, 15) is 19.8 Å². The molecule has 1 heterocycles. The molecule has 0 radical (unpaired) electrons. The number of carbonyl (C=O) groups is 2. The van der Waals surface area contributed by atoms with Crippen LogP contribution in [-0.2, 0) is 14.3 Å². The highest BCUT2D eigenvalue weighted by molar-refractivity contribution is 14.1. The van der Waals surface area contributed by atoms with Crippen LogP contribution in [0.15, 0.2) is 35.9 Å². The third-order valence-electron chi connectivity index (χ3n) is 7.38. The molecule has 2 fully saturated rings. The van der Waals surface area contributed by atoms with Gasteiger partial charge in [0.2, 0.25) is 5.91 Å². The maximum absolute atomic E-state index is 13.7. The molecule has 4 rings (SSSR count). The fourth-order valence-electron chi connectivity index (χ4n) is 5.46. The van der Waals surface area contributed by atoms with Gasteiger partial charge in [-0.05, 0) is 72.4 Å². The molecule has 9 heteroatoms. The second-order valence-electron chi connectivity index (χ2n) is 9.94. The Morgan fingerprint density at radius 1 is 1.14 bits per heavy atom. The van der Waals surface area contributed by atoms with E-state index in [-0.39, 0.29) is 31.4 Å². The number of amides is 2. The summed E-state index contributed by atoms with van der Waals surface area (Å²) in [5.74, 6) is 0.549. The first-order valence-corrected chi connectivity index (χ1v) is 14.2. The Kier molecular flexibility index (Phi) is 10.0. The summed E-state index contributed by atoms with van der Waals surface area (Å²) in [5, 5.41) is 23.5. The zero-order valence-corrected chi connectivity index (χ0v) is 22.8. The van der Waals surface area contributed by atoms with Gasteiger partial charge in [0.05, 0.1) is 16.2 Å². The van der Waals surface area contributed by atoms with Crippen molar-refractivity contribution in [2.24, 2.45) is 5.92 Å². The van der Waals surface area contributed by atoms with Crippen molar-refractivity contribution in [3.05, 3.63) is 39.5 Å². The number of nitrogens with zero attached hydrogens (tertiary/aromatic N) is 1. The topological polar surface area (TPSA) is 108 Å². The Labute approximate surface area is 226 Å². The highest BCUT2D eigenvalue weighted by Crippen LogP contribution is 2.33. The Bertz CT molecular complexity index is 929. The Morgan fingerprint density at radius 2 is 1.92 bits per heavy atom. The highest BCUT2D eigenvalue weighted by Gasteiger charge is 2.43. The number of ether oxygens (including phenoxy) is 2. The minimum atomic E-state index is -1.01. The van der Waals surface area contributed by atoms with Gasteiger partial charge in [-0.2, -0.15) is 0 Å². The van der Waals surface area contributed by atoms with Crippen LogP contribution in [0.25, 0.3) is 0 Å². The second kappa shape index (κ2) is 13.2. The largest absolute Gasteiger partial charge is 0.482 e. The Balaban J connectivity index is 1.63. The standard InChI is InChI=1S/C27H37IN2O6/c28-20-9-4-5-10-22(20)36-24-16-19(26(33)29-12-13-31)15-21(25(24)32)30(17-18-7-2-1-3-8-18)27(34)23-11-6-14-35-23/h4-5,9-10,16,18,21,23-25,31-32H,1-3,6-8,11-15,17H2,(H,29,33). The van der Waals surface area contributed by atoms with Crippen molar-refractivity contribution < 1.29 is 29.3 Å². The molecule has 3 aliphatic rings. The van der Waals surface area contributed by atoms with Gasteiger partial charge in [-0.15, -0.1) is 0 Å². The van der Waals surface area contributed by atoms with Crippen LogP contribution < -0.4 is 10.1 Å². The van der Waals surface area contributed by atoms with Gasteiger partial charge in [-0.1, -0.05) is 31.4 Å². The van der Waals surface area contributed by atoms with Crippen LogP contribution in [0.4, 0.5) is 0 Å². The van der Waals surface area contributed by atoms with E-state index in [0.29, 0.717) is 36.8 Å². The van der Waals surface area contributed by atoms with Gasteiger partial charge >= 0.3 is 0 Å². The molecule has 2 amide bonds. The minimum absolute atomic E-state index is 0.104. The summed E-state index contributed by atoms with van der Waals surface area (Å²) in [6.45, 7) is 1.07. The van der Waals surface area contributed by atoms with Gasteiger partial charge in [0, 0.05) is 31.7 Å². The fourth-order valence-corrected chi connectivity index (χ4v) is 5.98. The van der Waals surface area contributed by atoms with Crippen LogP contribution in [0, 0.1) is 9.49 Å². The number of halogens is 1. The van der Waals surface area contributed by atoms with E-state index in [1.165, 1.54) is 6.42 Å². The van der Waals surface area contributed by atoms with Crippen LogP contribution >= 0.6 is 22.6 Å². The lowest BCUT2D eigenvalue weighted by Gasteiger charge is -2.43. The molecule has 2 aliphatic carbocycles. The number of rotatable bonds is 9. The summed E-state index contributed by atoms with van der Waals surface area (Å²) in [7, 11) is 0. The molecule has 3 N–H and O–H groups in total. The van der Waals surface area contributed by atoms with Gasteiger partial charge in [0.25, 0.3) is 5.91 Å². The molecule has 0 spiro atoms. The number of para-hydroxylation sites is 1. The van der Waals surface area contributed by atoms with Crippen molar-refractivity contribution in [2.45, 2.75) is 75.7 Å². The molecule has 0 aromatic heterocycles. The van der Waals surface area contributed by atoms with Crippen molar-refractivity contribution in [1.29, 1.82) is 0 Å². The first-order valence-electron chi connectivity index (χ1n) is 13.1. The summed E-state index contributed by atoms with van der Waals surface area (Å²) in [5.41, 5.74) is 0.448. The SMILES string of the molecule is O=C(NCCO)C1=CC(Oc2ccccc2I)C(O)C(N(CC2CCCCC2)C(=O)C2CCCO2)C1. The highest BCUT2D eigenvalue weighted by atomic mass is 127. The monoisotopic (exact) mass is 612 g/mol. The molecule has 198 valence electrons. The number of nitrogens with one attached hydrogen (secondary N) is 1. The molecule has 1 aliphatic heterocycles. The lowest BCUT2D eigenvalue weighted by molar-refractivity contribution is -0.149. The number of hydrogen-bond donors (Lipinski definition) is 3. The van der Waals surface area contributed by atoms with Crippen LogP contribution in [0.5, 0.6) is 5.75 Å². The van der Waals surface area contributed by atoms with Gasteiger partial charge < -0.3 is 29.9 Å². The molecule has 1 aromatic rings. The van der Waals surface area contributed by atoms with Crippen molar-refractivity contribution in [1.82, 2.24) is 10.2 Å². The molecule has 36 heavy (non-hydrogen) atoms. The summed E-state index contributed by atoms with van der Waals surface area (Å²) in [6.07, 6.45) is 6.68. The van der Waals surface area contributed by atoms with Crippen LogP contribution in [0.3, 0.4) is 0 Å². The lowest BCUT2D eigenvalue weighted by atomic mass is 9.85. The van der Waals surface area contributed by atoms with E-state index < -0.39 is 24.4 Å². The van der Waals surface area contributed by atoms with Crippen LogP contribution in [0.2, 0.25) is 0 Å². The third kappa shape index (κ3) is 6.79. The molecule has 1 aromatic carbocycles. The van der Waals surface area contributed by atoms with E-state index in [1.807, 2.05) is 24.3 Å². The number of aliphatic hydroxyl groups excluding tert-OH is 2. The second-order valence-corrected chi connectivity index (χ2v) is 11.1. The Hall–Kier alpha value is -1.69. The maximum Gasteiger partial charge on any atom is 0.252 e. The van der Waals surface area contributed by atoms with Crippen molar-refractivity contribution in [3.8, 4) is 5.75 Å². The molecule has 4 atom stereocenters. The van der Waals surface area contributed by atoms with E-state index in [4.69, 9.17) is 9.47 Å². The minimum Gasteiger partial charge on any atom is -0.482 e. The zero-order chi connectivity index (χ0) is 25.5. The zero-order valence-electron chi connectivity index (χ0n) is 20.6.